The second-order valence-electron chi connectivity index (χ2n) is 3.98. The molecule has 5 nitrogen and oxygen atoms in total. The minimum Gasteiger partial charge on any atom is -0.477 e. The van der Waals surface area contributed by atoms with Crippen molar-refractivity contribution in [1.82, 2.24) is 4.72 Å². The zero-order chi connectivity index (χ0) is 14.3. The average Bonchev–Trinajstić information content (AvgIpc) is 2.37. The SMILES string of the molecule is CCCCNS(=O)(=O)C(=Cc1ccccc1)C(=O)O. The van der Waals surface area contributed by atoms with Gasteiger partial charge in [0.1, 0.15) is 0 Å². The monoisotopic (exact) mass is 283 g/mol. The molecule has 0 aliphatic rings. The van der Waals surface area contributed by atoms with Gasteiger partial charge in [-0.2, -0.15) is 0 Å². The van der Waals surface area contributed by atoms with Crippen LogP contribution < -0.4 is 4.72 Å². The molecule has 0 aliphatic heterocycles. The zero-order valence-corrected chi connectivity index (χ0v) is 11.5. The Balaban J connectivity index is 3.01. The van der Waals surface area contributed by atoms with Crippen LogP contribution in [-0.4, -0.2) is 26.0 Å². The first-order chi connectivity index (χ1) is 8.97. The summed E-state index contributed by atoms with van der Waals surface area (Å²) in [6, 6.07) is 8.48. The summed E-state index contributed by atoms with van der Waals surface area (Å²) in [7, 11) is -3.98. The van der Waals surface area contributed by atoms with Gasteiger partial charge < -0.3 is 5.11 Å². The van der Waals surface area contributed by atoms with E-state index in [-0.39, 0.29) is 6.54 Å². The summed E-state index contributed by atoms with van der Waals surface area (Å²) in [6.07, 6.45) is 2.64. The Kier molecular flexibility index (Phi) is 5.72. The van der Waals surface area contributed by atoms with Gasteiger partial charge in [-0.05, 0) is 18.1 Å². The number of nitrogens with one attached hydrogen (secondary N) is 1. The molecule has 1 aromatic carbocycles. The Labute approximate surface area is 113 Å². The number of hydrogen-bond acceptors (Lipinski definition) is 3. The van der Waals surface area contributed by atoms with E-state index in [0.717, 1.165) is 12.5 Å². The number of benzene rings is 1. The maximum Gasteiger partial charge on any atom is 0.348 e. The molecule has 104 valence electrons. The Morgan fingerprint density at radius 1 is 1.32 bits per heavy atom. The summed E-state index contributed by atoms with van der Waals surface area (Å²) in [4.78, 5) is 10.5. The molecule has 2 N–H and O–H groups in total. The molecule has 6 heteroatoms. The van der Waals surface area contributed by atoms with Crippen LogP contribution in [0.5, 0.6) is 0 Å². The Morgan fingerprint density at radius 3 is 2.47 bits per heavy atom. The molecule has 0 heterocycles. The van der Waals surface area contributed by atoms with Crippen LogP contribution in [0, 0.1) is 0 Å². The van der Waals surface area contributed by atoms with Crippen LogP contribution in [0.15, 0.2) is 35.2 Å². The number of rotatable bonds is 7. The van der Waals surface area contributed by atoms with E-state index in [2.05, 4.69) is 4.72 Å². The van der Waals surface area contributed by atoms with E-state index in [1.165, 1.54) is 0 Å². The van der Waals surface area contributed by atoms with E-state index >= 15 is 0 Å². The summed E-state index contributed by atoms with van der Waals surface area (Å²) in [5, 5.41) is 9.04. The molecule has 0 unspecified atom stereocenters. The molecule has 0 amide bonds. The van der Waals surface area contributed by atoms with Crippen LogP contribution >= 0.6 is 0 Å². The summed E-state index contributed by atoms with van der Waals surface area (Å²) < 4.78 is 26.1. The van der Waals surface area contributed by atoms with E-state index in [9.17, 15) is 13.2 Å². The van der Waals surface area contributed by atoms with Gasteiger partial charge >= 0.3 is 5.97 Å². The van der Waals surface area contributed by atoms with Crippen molar-refractivity contribution in [2.45, 2.75) is 19.8 Å². The molecule has 19 heavy (non-hydrogen) atoms. The number of hydrogen-bond donors (Lipinski definition) is 2. The fourth-order valence-corrected chi connectivity index (χ4v) is 2.51. The Morgan fingerprint density at radius 2 is 1.95 bits per heavy atom. The Bertz CT molecular complexity index is 549. The van der Waals surface area contributed by atoms with Gasteiger partial charge in [0.2, 0.25) is 10.0 Å². The highest BCUT2D eigenvalue weighted by molar-refractivity contribution is 7.94. The number of unbranched alkanes of at least 4 members (excludes halogenated alkanes) is 1. The highest BCUT2D eigenvalue weighted by Crippen LogP contribution is 2.12. The van der Waals surface area contributed by atoms with Crippen molar-refractivity contribution in [3.8, 4) is 0 Å². The van der Waals surface area contributed by atoms with Crippen molar-refractivity contribution in [3.63, 3.8) is 0 Å². The number of carbonyl (C=O) groups is 1. The number of carboxylic acid groups (broad SMARTS) is 1. The maximum absolute atomic E-state index is 11.9. The zero-order valence-electron chi connectivity index (χ0n) is 10.7. The van der Waals surface area contributed by atoms with Gasteiger partial charge in [0.15, 0.2) is 4.91 Å². The third-order valence-corrected chi connectivity index (χ3v) is 3.88. The topological polar surface area (TPSA) is 83.5 Å². The molecule has 0 aliphatic carbocycles. The molecule has 0 spiro atoms. The van der Waals surface area contributed by atoms with Gasteiger partial charge in [-0.25, -0.2) is 17.9 Å². The van der Waals surface area contributed by atoms with Gasteiger partial charge in [0.05, 0.1) is 0 Å². The maximum atomic E-state index is 11.9. The van der Waals surface area contributed by atoms with Gasteiger partial charge in [0, 0.05) is 6.54 Å². The summed E-state index contributed by atoms with van der Waals surface area (Å²) >= 11 is 0. The van der Waals surface area contributed by atoms with E-state index < -0.39 is 20.9 Å². The number of sulfonamides is 1. The lowest BCUT2D eigenvalue weighted by atomic mass is 10.2. The van der Waals surface area contributed by atoms with Crippen LogP contribution in [-0.2, 0) is 14.8 Å². The third kappa shape index (κ3) is 4.84. The minimum absolute atomic E-state index is 0.234. The molecule has 1 aromatic rings. The molecule has 0 radical (unpaired) electrons. The van der Waals surface area contributed by atoms with Crippen LogP contribution in [0.4, 0.5) is 0 Å². The normalized spacial score (nSPS) is 12.4. The predicted molar refractivity (Wildman–Crippen MR) is 73.9 cm³/mol. The molecule has 0 fully saturated rings. The second kappa shape index (κ2) is 7.06. The van der Waals surface area contributed by atoms with E-state index in [4.69, 9.17) is 5.11 Å². The first-order valence-electron chi connectivity index (χ1n) is 5.97. The fraction of sp³-hybridized carbons (Fsp3) is 0.308. The first kappa shape index (κ1) is 15.4. The highest BCUT2D eigenvalue weighted by Gasteiger charge is 2.23. The van der Waals surface area contributed by atoms with Crippen LogP contribution in [0.1, 0.15) is 25.3 Å². The standard InChI is InChI=1S/C13H17NO4S/c1-2-3-9-14-19(17,18)12(13(15)16)10-11-7-5-4-6-8-11/h4-8,10,14H,2-3,9H2,1H3,(H,15,16). The molecule has 0 saturated carbocycles. The van der Waals surface area contributed by atoms with Gasteiger partial charge in [-0.15, -0.1) is 0 Å². The number of aliphatic carboxylic acids is 1. The Hall–Kier alpha value is -1.66. The fourth-order valence-electron chi connectivity index (χ4n) is 1.42. The number of carboxylic acids is 1. The lowest BCUT2D eigenvalue weighted by molar-refractivity contribution is -0.131. The lowest BCUT2D eigenvalue weighted by Crippen LogP contribution is -2.29. The predicted octanol–water partition coefficient (Wildman–Crippen LogP) is 1.83. The molecule has 1 rings (SSSR count). The van der Waals surface area contributed by atoms with Crippen molar-refractivity contribution in [2.75, 3.05) is 6.54 Å². The summed E-state index contributed by atoms with van der Waals surface area (Å²) in [5.41, 5.74) is 0.528. The van der Waals surface area contributed by atoms with E-state index in [1.807, 2.05) is 6.92 Å². The first-order valence-corrected chi connectivity index (χ1v) is 7.45. The highest BCUT2D eigenvalue weighted by atomic mass is 32.2. The minimum atomic E-state index is -3.98. The average molecular weight is 283 g/mol. The summed E-state index contributed by atoms with van der Waals surface area (Å²) in [6.45, 7) is 2.16. The van der Waals surface area contributed by atoms with Crippen molar-refractivity contribution >= 4 is 22.1 Å². The van der Waals surface area contributed by atoms with E-state index in [1.54, 1.807) is 30.3 Å². The molecule has 0 bridgehead atoms. The smallest absolute Gasteiger partial charge is 0.348 e. The van der Waals surface area contributed by atoms with Crippen molar-refractivity contribution in [1.29, 1.82) is 0 Å². The van der Waals surface area contributed by atoms with Gasteiger partial charge in [-0.3, -0.25) is 0 Å². The van der Waals surface area contributed by atoms with Crippen LogP contribution in [0.3, 0.4) is 0 Å². The summed E-state index contributed by atoms with van der Waals surface area (Å²) in [5.74, 6) is -1.46. The van der Waals surface area contributed by atoms with E-state index in [0.29, 0.717) is 12.0 Å². The van der Waals surface area contributed by atoms with Gasteiger partial charge in [0.25, 0.3) is 0 Å². The molecule has 0 atom stereocenters. The molecular formula is C13H17NO4S. The van der Waals surface area contributed by atoms with Crippen LogP contribution in [0.25, 0.3) is 6.08 Å². The third-order valence-electron chi connectivity index (χ3n) is 2.42. The van der Waals surface area contributed by atoms with Crippen molar-refractivity contribution in [3.05, 3.63) is 40.8 Å². The van der Waals surface area contributed by atoms with Crippen LogP contribution in [0.2, 0.25) is 0 Å². The quantitative estimate of drug-likeness (QED) is 0.590. The molecule has 0 saturated heterocycles. The van der Waals surface area contributed by atoms with Crippen molar-refractivity contribution < 1.29 is 18.3 Å². The molecular weight excluding hydrogens is 266 g/mol. The van der Waals surface area contributed by atoms with Crippen molar-refractivity contribution in [2.24, 2.45) is 0 Å². The molecule has 0 aromatic heterocycles. The van der Waals surface area contributed by atoms with Gasteiger partial charge in [-0.1, -0.05) is 43.7 Å². The lowest BCUT2D eigenvalue weighted by Gasteiger charge is -2.06. The second-order valence-corrected chi connectivity index (χ2v) is 5.71. The largest absolute Gasteiger partial charge is 0.477 e.